The molecule has 2 fully saturated rings. The van der Waals surface area contributed by atoms with Gasteiger partial charge in [-0.1, -0.05) is 24.3 Å². The van der Waals surface area contributed by atoms with E-state index in [0.717, 1.165) is 33.4 Å². The summed E-state index contributed by atoms with van der Waals surface area (Å²) in [5, 5.41) is 0. The minimum atomic E-state index is -0.322. The van der Waals surface area contributed by atoms with Crippen molar-refractivity contribution < 1.29 is 28.5 Å². The highest BCUT2D eigenvalue weighted by molar-refractivity contribution is 5.95. The first-order valence-electron chi connectivity index (χ1n) is 10.1. The molecule has 0 radical (unpaired) electrons. The van der Waals surface area contributed by atoms with Crippen molar-refractivity contribution >= 4 is 11.9 Å². The summed E-state index contributed by atoms with van der Waals surface area (Å²) in [6.45, 7) is 9.53. The Hall–Kier alpha value is -2.70. The van der Waals surface area contributed by atoms with Crippen molar-refractivity contribution in [1.29, 1.82) is 0 Å². The van der Waals surface area contributed by atoms with Crippen molar-refractivity contribution in [3.63, 3.8) is 0 Å². The average molecular weight is 410 g/mol. The topological polar surface area (TPSA) is 77.7 Å². The van der Waals surface area contributed by atoms with Crippen LogP contribution in [0, 0.1) is 27.7 Å². The molecule has 2 aromatic rings. The van der Waals surface area contributed by atoms with E-state index in [1.165, 1.54) is 0 Å². The lowest BCUT2D eigenvalue weighted by molar-refractivity contribution is 0.0466. The lowest BCUT2D eigenvalue weighted by Gasteiger charge is -2.15. The first-order valence-corrected chi connectivity index (χ1v) is 10.1. The third-order valence-electron chi connectivity index (χ3n) is 5.41. The van der Waals surface area contributed by atoms with Gasteiger partial charge in [-0.2, -0.15) is 0 Å². The third-order valence-corrected chi connectivity index (χ3v) is 5.41. The maximum absolute atomic E-state index is 12.5. The van der Waals surface area contributed by atoms with E-state index in [1.807, 2.05) is 52.0 Å². The molecule has 0 amide bonds. The van der Waals surface area contributed by atoms with Gasteiger partial charge < -0.3 is 18.9 Å². The summed E-state index contributed by atoms with van der Waals surface area (Å²) >= 11 is 0. The molecule has 6 heteroatoms. The summed E-state index contributed by atoms with van der Waals surface area (Å²) in [5.41, 5.74) is 6.59. The van der Waals surface area contributed by atoms with Crippen LogP contribution in [0.1, 0.15) is 43.0 Å². The quantitative estimate of drug-likeness (QED) is 0.512. The van der Waals surface area contributed by atoms with Crippen LogP contribution in [0.15, 0.2) is 24.3 Å². The summed E-state index contributed by atoms with van der Waals surface area (Å²) in [7, 11) is 0. The molecule has 2 heterocycles. The van der Waals surface area contributed by atoms with E-state index in [2.05, 4.69) is 0 Å². The van der Waals surface area contributed by atoms with Crippen LogP contribution in [-0.4, -0.2) is 50.6 Å². The number of epoxide rings is 2. The third kappa shape index (κ3) is 4.55. The SMILES string of the molecule is Cc1cc(-c2cc(C)c(C(=O)OCC3CO3)c(C)c2)cc(C)c1C(=O)OCC1CO1. The van der Waals surface area contributed by atoms with Crippen LogP contribution >= 0.6 is 0 Å². The van der Waals surface area contributed by atoms with Gasteiger partial charge in [-0.3, -0.25) is 0 Å². The van der Waals surface area contributed by atoms with E-state index in [1.54, 1.807) is 0 Å². The van der Waals surface area contributed by atoms with Crippen LogP contribution in [0.5, 0.6) is 0 Å². The molecule has 0 saturated carbocycles. The molecule has 0 aliphatic carbocycles. The largest absolute Gasteiger partial charge is 0.459 e. The minimum absolute atomic E-state index is 0.0433. The fourth-order valence-electron chi connectivity index (χ4n) is 3.71. The first kappa shape index (κ1) is 20.6. The number of carbonyl (C=O) groups is 2. The van der Waals surface area contributed by atoms with Crippen LogP contribution in [-0.2, 0) is 18.9 Å². The molecule has 2 aliphatic rings. The van der Waals surface area contributed by atoms with Crippen LogP contribution in [0.2, 0.25) is 0 Å². The molecule has 0 aromatic heterocycles. The number of hydrogen-bond donors (Lipinski definition) is 0. The van der Waals surface area contributed by atoms with Gasteiger partial charge in [0.25, 0.3) is 0 Å². The molecule has 4 rings (SSSR count). The van der Waals surface area contributed by atoms with Crippen molar-refractivity contribution in [3.05, 3.63) is 57.6 Å². The summed E-state index contributed by atoms with van der Waals surface area (Å²) < 4.78 is 20.9. The normalized spacial score (nSPS) is 19.3. The molecule has 30 heavy (non-hydrogen) atoms. The summed E-state index contributed by atoms with van der Waals surface area (Å²) in [6, 6.07) is 7.92. The predicted octanol–water partition coefficient (Wildman–Crippen LogP) is 3.70. The fourth-order valence-corrected chi connectivity index (χ4v) is 3.71. The van der Waals surface area contributed by atoms with Crippen molar-refractivity contribution in [3.8, 4) is 11.1 Å². The number of rotatable bonds is 7. The summed E-state index contributed by atoms with van der Waals surface area (Å²) in [6.07, 6.45) is 0.0867. The van der Waals surface area contributed by atoms with E-state index in [9.17, 15) is 9.59 Å². The highest BCUT2D eigenvalue weighted by Gasteiger charge is 2.27. The molecular weight excluding hydrogens is 384 g/mol. The van der Waals surface area contributed by atoms with E-state index in [4.69, 9.17) is 18.9 Å². The Balaban J connectivity index is 1.56. The van der Waals surface area contributed by atoms with E-state index in [-0.39, 0.29) is 24.1 Å². The second-order valence-electron chi connectivity index (χ2n) is 8.08. The Kier molecular flexibility index (Phi) is 5.62. The van der Waals surface area contributed by atoms with Gasteiger partial charge in [0.2, 0.25) is 0 Å². The van der Waals surface area contributed by atoms with E-state index in [0.29, 0.717) is 37.6 Å². The molecule has 2 saturated heterocycles. The Bertz CT molecular complexity index is 873. The van der Waals surface area contributed by atoms with Crippen LogP contribution in [0.3, 0.4) is 0 Å². The number of hydrogen-bond acceptors (Lipinski definition) is 6. The molecule has 0 N–H and O–H groups in total. The van der Waals surface area contributed by atoms with E-state index >= 15 is 0 Å². The molecule has 158 valence electrons. The van der Waals surface area contributed by atoms with Gasteiger partial charge in [0, 0.05) is 0 Å². The average Bonchev–Trinajstić information content (AvgIpc) is 3.58. The van der Waals surface area contributed by atoms with Gasteiger partial charge in [0.15, 0.2) is 0 Å². The van der Waals surface area contributed by atoms with Crippen molar-refractivity contribution in [2.75, 3.05) is 26.4 Å². The number of aryl methyl sites for hydroxylation is 4. The second kappa shape index (κ2) is 8.20. The number of benzene rings is 2. The lowest BCUT2D eigenvalue weighted by Crippen LogP contribution is -2.13. The van der Waals surface area contributed by atoms with Gasteiger partial charge in [0.05, 0.1) is 24.3 Å². The number of esters is 2. The van der Waals surface area contributed by atoms with Gasteiger partial charge >= 0.3 is 11.9 Å². The van der Waals surface area contributed by atoms with Crippen molar-refractivity contribution in [1.82, 2.24) is 0 Å². The Morgan fingerprint density at radius 1 is 0.733 bits per heavy atom. The van der Waals surface area contributed by atoms with Gasteiger partial charge in [-0.15, -0.1) is 0 Å². The minimum Gasteiger partial charge on any atom is -0.459 e. The number of carbonyl (C=O) groups excluding carboxylic acids is 2. The van der Waals surface area contributed by atoms with Crippen LogP contribution in [0.4, 0.5) is 0 Å². The first-order chi connectivity index (χ1) is 14.3. The second-order valence-corrected chi connectivity index (χ2v) is 8.08. The van der Waals surface area contributed by atoms with Crippen LogP contribution < -0.4 is 0 Å². The van der Waals surface area contributed by atoms with Crippen molar-refractivity contribution in [2.24, 2.45) is 0 Å². The summed E-state index contributed by atoms with van der Waals surface area (Å²) in [4.78, 5) is 24.9. The molecule has 6 nitrogen and oxygen atoms in total. The Morgan fingerprint density at radius 2 is 1.03 bits per heavy atom. The highest BCUT2D eigenvalue weighted by atomic mass is 16.6. The van der Waals surface area contributed by atoms with E-state index < -0.39 is 0 Å². The molecule has 2 aromatic carbocycles. The molecule has 0 bridgehead atoms. The van der Waals surface area contributed by atoms with Gasteiger partial charge in [-0.25, -0.2) is 9.59 Å². The zero-order chi connectivity index (χ0) is 21.4. The van der Waals surface area contributed by atoms with Crippen molar-refractivity contribution in [2.45, 2.75) is 39.9 Å². The highest BCUT2D eigenvalue weighted by Crippen LogP contribution is 2.30. The summed E-state index contributed by atoms with van der Waals surface area (Å²) in [5.74, 6) is -0.644. The standard InChI is InChI=1S/C24H26O6/c1-13-5-17(6-14(2)21(13)23(25)29-11-19-9-27-19)18-7-15(3)22(16(4)8-18)24(26)30-12-20-10-28-20/h5-8,19-20H,9-12H2,1-4H3. The maximum Gasteiger partial charge on any atom is 0.338 e. The lowest BCUT2D eigenvalue weighted by atomic mass is 9.92. The fraction of sp³-hybridized carbons (Fsp3) is 0.417. The molecule has 0 spiro atoms. The zero-order valence-corrected chi connectivity index (χ0v) is 17.7. The zero-order valence-electron chi connectivity index (χ0n) is 17.7. The smallest absolute Gasteiger partial charge is 0.338 e. The number of ether oxygens (including phenoxy) is 4. The molecule has 2 atom stereocenters. The van der Waals surface area contributed by atoms with Gasteiger partial charge in [-0.05, 0) is 61.1 Å². The predicted molar refractivity (Wildman–Crippen MR) is 111 cm³/mol. The molecular formula is C24H26O6. The Labute approximate surface area is 176 Å². The van der Waals surface area contributed by atoms with Crippen LogP contribution in [0.25, 0.3) is 11.1 Å². The monoisotopic (exact) mass is 410 g/mol. The molecule has 2 unspecified atom stereocenters. The maximum atomic E-state index is 12.5. The Morgan fingerprint density at radius 3 is 1.30 bits per heavy atom. The molecule has 2 aliphatic heterocycles. The van der Waals surface area contributed by atoms with Gasteiger partial charge in [0.1, 0.15) is 25.4 Å².